The van der Waals surface area contributed by atoms with Crippen molar-refractivity contribution in [1.29, 1.82) is 0 Å². The molecule has 0 aliphatic rings. The van der Waals surface area contributed by atoms with Crippen LogP contribution in [0.1, 0.15) is 32.4 Å². The van der Waals surface area contributed by atoms with Gasteiger partial charge < -0.3 is 10.6 Å². The highest BCUT2D eigenvalue weighted by Gasteiger charge is 2.29. The number of pyridine rings is 1. The third kappa shape index (κ3) is 5.57. The van der Waals surface area contributed by atoms with Crippen LogP contribution in [0.15, 0.2) is 24.4 Å². The fourth-order valence-electron chi connectivity index (χ4n) is 1.99. The van der Waals surface area contributed by atoms with Crippen molar-refractivity contribution in [3.63, 3.8) is 0 Å². The molecule has 1 aromatic heterocycles. The van der Waals surface area contributed by atoms with Gasteiger partial charge in [0.1, 0.15) is 0 Å². The first kappa shape index (κ1) is 17.9. The number of nitrogens with two attached hydrogens (primary N) is 1. The smallest absolute Gasteiger partial charge is 0.242 e. The summed E-state index contributed by atoms with van der Waals surface area (Å²) >= 11 is 0. The molecule has 4 nitrogen and oxygen atoms in total. The lowest BCUT2D eigenvalue weighted by atomic mass is 9.96. The number of hydrogen-bond donors (Lipinski definition) is 1. The Labute approximate surface area is 121 Å². The molecule has 19 heavy (non-hydrogen) atoms. The lowest BCUT2D eigenvalue weighted by Gasteiger charge is -2.28. The minimum Gasteiger partial charge on any atom is -0.344 e. The number of likely N-dealkylation sites (N-methyl/N-ethyl adjacent to an activating group) is 1. The van der Waals surface area contributed by atoms with Crippen LogP contribution in [0.4, 0.5) is 0 Å². The van der Waals surface area contributed by atoms with E-state index in [1.165, 1.54) is 0 Å². The first-order valence-electron chi connectivity index (χ1n) is 6.41. The molecule has 5 heteroatoms. The Balaban J connectivity index is 0.00000324. The molecule has 2 N–H and O–H groups in total. The maximum absolute atomic E-state index is 12.2. The van der Waals surface area contributed by atoms with Gasteiger partial charge in [0.05, 0.1) is 5.54 Å². The highest BCUT2D eigenvalue weighted by atomic mass is 35.5. The van der Waals surface area contributed by atoms with Crippen LogP contribution in [0.25, 0.3) is 0 Å². The molecule has 108 valence electrons. The van der Waals surface area contributed by atoms with Crippen molar-refractivity contribution in [1.82, 2.24) is 9.88 Å². The molecule has 1 atom stereocenters. The minimum absolute atomic E-state index is 0. The van der Waals surface area contributed by atoms with Gasteiger partial charge in [-0.1, -0.05) is 19.4 Å². The van der Waals surface area contributed by atoms with E-state index in [1.54, 1.807) is 25.1 Å². The minimum atomic E-state index is -0.756. The van der Waals surface area contributed by atoms with Gasteiger partial charge >= 0.3 is 0 Å². The van der Waals surface area contributed by atoms with Gasteiger partial charge in [-0.05, 0) is 25.5 Å². The molecule has 1 unspecified atom stereocenters. The van der Waals surface area contributed by atoms with E-state index in [-0.39, 0.29) is 18.3 Å². The molecule has 0 saturated carbocycles. The number of carbonyl (C=O) groups excluding carboxylic acids is 1. The maximum Gasteiger partial charge on any atom is 0.242 e. The van der Waals surface area contributed by atoms with Crippen molar-refractivity contribution in [2.24, 2.45) is 5.73 Å². The number of rotatable bonds is 6. The molecule has 0 spiro atoms. The molecule has 0 radical (unpaired) electrons. The van der Waals surface area contributed by atoms with Crippen LogP contribution in [0.3, 0.4) is 0 Å². The van der Waals surface area contributed by atoms with Crippen LogP contribution in [-0.2, 0) is 11.2 Å². The Morgan fingerprint density at radius 1 is 1.47 bits per heavy atom. The zero-order valence-electron chi connectivity index (χ0n) is 11.9. The SMILES string of the molecule is CCCC(C)(N)C(=O)N(C)CCc1ccccn1.Cl. The van der Waals surface area contributed by atoms with E-state index in [0.717, 1.165) is 18.5 Å². The number of nitrogens with zero attached hydrogens (tertiary/aromatic N) is 2. The average molecular weight is 286 g/mol. The van der Waals surface area contributed by atoms with Crippen molar-refractivity contribution in [2.45, 2.75) is 38.6 Å². The second kappa shape index (κ2) is 8.12. The van der Waals surface area contributed by atoms with Gasteiger partial charge in [-0.2, -0.15) is 0 Å². The maximum atomic E-state index is 12.2. The van der Waals surface area contributed by atoms with Crippen LogP contribution < -0.4 is 5.73 Å². The highest BCUT2D eigenvalue weighted by molar-refractivity contribution is 5.85. The second-order valence-electron chi connectivity index (χ2n) is 4.97. The Kier molecular flexibility index (Phi) is 7.64. The summed E-state index contributed by atoms with van der Waals surface area (Å²) in [5.41, 5.74) is 6.27. The van der Waals surface area contributed by atoms with Crippen LogP contribution in [0, 0.1) is 0 Å². The van der Waals surface area contributed by atoms with Crippen molar-refractivity contribution in [3.8, 4) is 0 Å². The summed E-state index contributed by atoms with van der Waals surface area (Å²) < 4.78 is 0. The van der Waals surface area contributed by atoms with Crippen LogP contribution in [0.2, 0.25) is 0 Å². The average Bonchev–Trinajstić information content (AvgIpc) is 2.36. The predicted molar refractivity (Wildman–Crippen MR) is 80.3 cm³/mol. The second-order valence-corrected chi connectivity index (χ2v) is 4.97. The van der Waals surface area contributed by atoms with E-state index in [4.69, 9.17) is 5.73 Å². The van der Waals surface area contributed by atoms with Crippen LogP contribution in [0.5, 0.6) is 0 Å². The summed E-state index contributed by atoms with van der Waals surface area (Å²) in [4.78, 5) is 18.1. The number of aromatic nitrogens is 1. The van der Waals surface area contributed by atoms with E-state index < -0.39 is 5.54 Å². The van der Waals surface area contributed by atoms with Crippen LogP contribution >= 0.6 is 12.4 Å². The van der Waals surface area contributed by atoms with E-state index in [2.05, 4.69) is 4.98 Å². The van der Waals surface area contributed by atoms with Gasteiger partial charge in [0.15, 0.2) is 0 Å². The summed E-state index contributed by atoms with van der Waals surface area (Å²) in [5, 5.41) is 0. The monoisotopic (exact) mass is 285 g/mol. The lowest BCUT2D eigenvalue weighted by molar-refractivity contribution is -0.135. The topological polar surface area (TPSA) is 59.2 Å². The van der Waals surface area contributed by atoms with E-state index in [9.17, 15) is 4.79 Å². The largest absolute Gasteiger partial charge is 0.344 e. The van der Waals surface area contributed by atoms with Gasteiger partial charge in [0.2, 0.25) is 5.91 Å². The first-order valence-corrected chi connectivity index (χ1v) is 6.41. The van der Waals surface area contributed by atoms with Gasteiger partial charge in [-0.15, -0.1) is 12.4 Å². The molecular formula is C14H24ClN3O. The molecule has 0 aromatic carbocycles. The number of carbonyl (C=O) groups is 1. The highest BCUT2D eigenvalue weighted by Crippen LogP contribution is 2.12. The third-order valence-corrected chi connectivity index (χ3v) is 3.03. The van der Waals surface area contributed by atoms with E-state index >= 15 is 0 Å². The van der Waals surface area contributed by atoms with Gasteiger partial charge in [-0.3, -0.25) is 9.78 Å². The third-order valence-electron chi connectivity index (χ3n) is 3.03. The zero-order valence-corrected chi connectivity index (χ0v) is 12.7. The van der Waals surface area contributed by atoms with Gasteiger partial charge in [0.25, 0.3) is 0 Å². The molecule has 0 bridgehead atoms. The zero-order chi connectivity index (χ0) is 13.6. The molecule has 0 aliphatic heterocycles. The Bertz CT molecular complexity index is 382. The first-order chi connectivity index (χ1) is 8.47. The fourth-order valence-corrected chi connectivity index (χ4v) is 1.99. The van der Waals surface area contributed by atoms with Crippen LogP contribution in [-0.4, -0.2) is 34.9 Å². The molecule has 1 amide bonds. The molecule has 1 aromatic rings. The number of amides is 1. The molecule has 0 fully saturated rings. The molecule has 1 rings (SSSR count). The van der Waals surface area contributed by atoms with Crippen molar-refractivity contribution >= 4 is 18.3 Å². The van der Waals surface area contributed by atoms with Gasteiger partial charge in [0, 0.05) is 31.9 Å². The summed E-state index contributed by atoms with van der Waals surface area (Å²) in [6.45, 7) is 4.48. The molecule has 1 heterocycles. The Morgan fingerprint density at radius 2 is 2.16 bits per heavy atom. The van der Waals surface area contributed by atoms with E-state index in [1.807, 2.05) is 25.1 Å². The van der Waals surface area contributed by atoms with Crippen molar-refractivity contribution in [3.05, 3.63) is 30.1 Å². The normalized spacial score (nSPS) is 13.3. The molecule has 0 aliphatic carbocycles. The quantitative estimate of drug-likeness (QED) is 0.870. The van der Waals surface area contributed by atoms with Crippen molar-refractivity contribution < 1.29 is 4.79 Å². The standard InChI is InChI=1S/C14H23N3O.ClH/c1-4-9-14(2,15)13(18)17(3)11-8-12-7-5-6-10-16-12;/h5-7,10H,4,8-9,11,15H2,1-3H3;1H. The predicted octanol–water partition coefficient (Wildman–Crippen LogP) is 2.02. The fraction of sp³-hybridized carbons (Fsp3) is 0.571. The van der Waals surface area contributed by atoms with Gasteiger partial charge in [-0.25, -0.2) is 0 Å². The number of halogens is 1. The summed E-state index contributed by atoms with van der Waals surface area (Å²) in [6.07, 6.45) is 4.14. The number of hydrogen-bond acceptors (Lipinski definition) is 3. The molecular weight excluding hydrogens is 262 g/mol. The van der Waals surface area contributed by atoms with Crippen molar-refractivity contribution in [2.75, 3.05) is 13.6 Å². The lowest BCUT2D eigenvalue weighted by Crippen LogP contribution is -2.52. The summed E-state index contributed by atoms with van der Waals surface area (Å²) in [7, 11) is 1.80. The summed E-state index contributed by atoms with van der Waals surface area (Å²) in [5.74, 6) is 0.000260. The Hall–Kier alpha value is -1.13. The Morgan fingerprint density at radius 3 is 2.68 bits per heavy atom. The van der Waals surface area contributed by atoms with E-state index in [0.29, 0.717) is 13.0 Å². The summed E-state index contributed by atoms with van der Waals surface area (Å²) in [6, 6.07) is 5.80. The molecule has 0 saturated heterocycles.